The van der Waals surface area contributed by atoms with Crippen molar-refractivity contribution in [3.05, 3.63) is 75.9 Å². The van der Waals surface area contributed by atoms with Gasteiger partial charge in [0.15, 0.2) is 11.5 Å². The lowest BCUT2D eigenvalue weighted by Crippen LogP contribution is -2.19. The fourth-order valence-corrected chi connectivity index (χ4v) is 4.17. The largest absolute Gasteiger partial charge is 0.504 e. The third kappa shape index (κ3) is 6.14. The second-order valence-corrected chi connectivity index (χ2v) is 10.8. The molecule has 0 saturated heterocycles. The van der Waals surface area contributed by atoms with E-state index in [4.69, 9.17) is 39.2 Å². The number of hydrogen-bond donors (Lipinski definition) is 1. The minimum absolute atomic E-state index is 0.0604. The molecule has 0 atom stereocenters. The molecule has 0 aliphatic heterocycles. The minimum atomic E-state index is -3.55. The van der Waals surface area contributed by atoms with E-state index in [1.54, 1.807) is 30.3 Å². The zero-order chi connectivity index (χ0) is 25.8. The predicted molar refractivity (Wildman–Crippen MR) is 134 cm³/mol. The highest BCUT2D eigenvalue weighted by Crippen LogP contribution is 2.43. The number of nitrogens with zero attached hydrogens (tertiary/aromatic N) is 3. The first-order valence-electron chi connectivity index (χ1n) is 10.4. The number of phenolic OH excluding ortho intramolecular Hbond substituents is 1. The van der Waals surface area contributed by atoms with Gasteiger partial charge in [0.05, 0.1) is 29.8 Å². The van der Waals surface area contributed by atoms with Gasteiger partial charge in [0, 0.05) is 17.9 Å². The molecule has 35 heavy (non-hydrogen) atoms. The van der Waals surface area contributed by atoms with E-state index >= 15 is 0 Å². The number of ether oxygens (including phenoxy) is 2. The molecule has 2 aromatic carbocycles. The third-order valence-corrected chi connectivity index (χ3v) is 6.56. The number of aromatic nitrogens is 2. The third-order valence-electron chi connectivity index (χ3n) is 5.27. The molecule has 0 radical (unpaired) electrons. The highest BCUT2D eigenvalue weighted by molar-refractivity contribution is 7.90. The Morgan fingerprint density at radius 2 is 1.89 bits per heavy atom. The Morgan fingerprint density at radius 1 is 1.14 bits per heavy atom. The molecule has 0 amide bonds. The summed E-state index contributed by atoms with van der Waals surface area (Å²) in [5, 5.41) is 10.6. The van der Waals surface area contributed by atoms with Gasteiger partial charge in [0.25, 0.3) is 0 Å². The van der Waals surface area contributed by atoms with Crippen LogP contribution in [0.5, 0.6) is 17.2 Å². The maximum atomic E-state index is 11.6. The van der Waals surface area contributed by atoms with Crippen LogP contribution in [-0.4, -0.2) is 42.2 Å². The highest BCUT2D eigenvalue weighted by atomic mass is 35.5. The summed E-state index contributed by atoms with van der Waals surface area (Å²) < 4.78 is 34.5. The highest BCUT2D eigenvalue weighted by Gasteiger charge is 2.27. The van der Waals surface area contributed by atoms with Crippen molar-refractivity contribution in [2.75, 3.05) is 18.7 Å². The molecule has 8 nitrogen and oxygen atoms in total. The van der Waals surface area contributed by atoms with E-state index < -0.39 is 15.3 Å². The Balaban J connectivity index is 1.85. The topological polar surface area (TPSA) is 103 Å². The van der Waals surface area contributed by atoms with Crippen LogP contribution in [0, 0.1) is 6.57 Å². The van der Waals surface area contributed by atoms with Crippen molar-refractivity contribution in [2.45, 2.75) is 31.0 Å². The van der Waals surface area contributed by atoms with E-state index in [2.05, 4.69) is 14.8 Å². The molecule has 184 valence electrons. The van der Waals surface area contributed by atoms with Crippen molar-refractivity contribution in [3.63, 3.8) is 0 Å². The van der Waals surface area contributed by atoms with Gasteiger partial charge >= 0.3 is 0 Å². The van der Waals surface area contributed by atoms with E-state index in [9.17, 15) is 13.5 Å². The second kappa shape index (κ2) is 10.7. The Kier molecular flexibility index (Phi) is 8.11. The zero-order valence-electron chi connectivity index (χ0n) is 19.2. The molecule has 3 rings (SSSR count). The number of hydrogen-bond acceptors (Lipinski definition) is 7. The maximum Gasteiger partial charge on any atom is 0.247 e. The van der Waals surface area contributed by atoms with Crippen LogP contribution < -0.4 is 9.47 Å². The molecule has 0 saturated carbocycles. The van der Waals surface area contributed by atoms with Gasteiger partial charge in [-0.3, -0.25) is 0 Å². The van der Waals surface area contributed by atoms with Crippen LogP contribution in [0.15, 0.2) is 47.8 Å². The standard InChI is InChI=1S/C24H23Cl2N3O5S/c1-24(2,16-11-18(26)22(33-10-8-25)19(12-16)27-3)15-5-6-21(20(30)13-15)34-14-17-7-9-28-23(29-17)35(4,31)32/h5-7,9,11-13,30H,8,10,14H2,1-2,4H3. The van der Waals surface area contributed by atoms with E-state index in [-0.39, 0.29) is 47.2 Å². The lowest BCUT2D eigenvalue weighted by molar-refractivity contribution is 0.283. The van der Waals surface area contributed by atoms with Gasteiger partial charge in [0.1, 0.15) is 12.4 Å². The average molecular weight is 536 g/mol. The van der Waals surface area contributed by atoms with Crippen LogP contribution in [0.25, 0.3) is 4.85 Å². The van der Waals surface area contributed by atoms with E-state index in [0.717, 1.165) is 17.4 Å². The first-order valence-corrected chi connectivity index (χ1v) is 13.2. The van der Waals surface area contributed by atoms with Gasteiger partial charge in [-0.15, -0.1) is 11.6 Å². The molecule has 0 aliphatic rings. The van der Waals surface area contributed by atoms with Crippen LogP contribution in [-0.2, 0) is 21.9 Å². The Bertz CT molecular complexity index is 1390. The lowest BCUT2D eigenvalue weighted by atomic mass is 9.78. The molecular weight excluding hydrogens is 513 g/mol. The van der Waals surface area contributed by atoms with E-state index in [0.29, 0.717) is 10.7 Å². The first kappa shape index (κ1) is 26.5. The maximum absolute atomic E-state index is 11.6. The molecule has 0 bridgehead atoms. The Hall–Kier alpha value is -3.06. The smallest absolute Gasteiger partial charge is 0.247 e. The number of phenols is 1. The van der Waals surface area contributed by atoms with Crippen molar-refractivity contribution in [2.24, 2.45) is 0 Å². The molecule has 0 fully saturated rings. The molecule has 1 aromatic heterocycles. The van der Waals surface area contributed by atoms with E-state index in [1.807, 2.05) is 13.8 Å². The minimum Gasteiger partial charge on any atom is -0.504 e. The normalized spacial score (nSPS) is 11.7. The summed E-state index contributed by atoms with van der Waals surface area (Å²) in [7, 11) is -3.55. The summed E-state index contributed by atoms with van der Waals surface area (Å²) in [6, 6.07) is 9.94. The van der Waals surface area contributed by atoms with Gasteiger partial charge in [-0.2, -0.15) is 0 Å². The number of aromatic hydroxyl groups is 1. The van der Waals surface area contributed by atoms with Crippen molar-refractivity contribution in [1.29, 1.82) is 0 Å². The Labute approximate surface area is 214 Å². The van der Waals surface area contributed by atoms with Gasteiger partial charge in [0.2, 0.25) is 20.7 Å². The van der Waals surface area contributed by atoms with E-state index in [1.165, 1.54) is 12.3 Å². The summed E-state index contributed by atoms with van der Waals surface area (Å²) in [6.45, 7) is 11.6. The second-order valence-electron chi connectivity index (χ2n) is 8.15. The number of benzene rings is 2. The molecule has 0 aliphatic carbocycles. The van der Waals surface area contributed by atoms with Crippen LogP contribution in [0.4, 0.5) is 5.69 Å². The summed E-state index contributed by atoms with van der Waals surface area (Å²) in [5.74, 6) is 0.655. The molecular formula is C24H23Cl2N3O5S. The van der Waals surface area contributed by atoms with Gasteiger partial charge in [-0.1, -0.05) is 31.5 Å². The van der Waals surface area contributed by atoms with Crippen LogP contribution >= 0.6 is 23.2 Å². The monoisotopic (exact) mass is 535 g/mol. The quantitative estimate of drug-likeness (QED) is 0.225. The molecule has 0 unspecified atom stereocenters. The number of sulfone groups is 1. The number of halogens is 2. The summed E-state index contributed by atoms with van der Waals surface area (Å²) >= 11 is 12.1. The van der Waals surface area contributed by atoms with Crippen molar-refractivity contribution < 1.29 is 23.0 Å². The zero-order valence-corrected chi connectivity index (χ0v) is 21.6. The number of rotatable bonds is 9. The molecule has 0 spiro atoms. The number of alkyl halides is 1. The van der Waals surface area contributed by atoms with Gasteiger partial charge in [-0.25, -0.2) is 23.2 Å². The van der Waals surface area contributed by atoms with Crippen molar-refractivity contribution in [1.82, 2.24) is 9.97 Å². The summed E-state index contributed by atoms with van der Waals surface area (Å²) in [4.78, 5) is 11.3. The molecule has 11 heteroatoms. The van der Waals surface area contributed by atoms with Crippen LogP contribution in [0.3, 0.4) is 0 Å². The van der Waals surface area contributed by atoms with Gasteiger partial charge < -0.3 is 14.6 Å². The summed E-state index contributed by atoms with van der Waals surface area (Å²) in [5.41, 5.74) is 1.51. The fraction of sp³-hybridized carbons (Fsp3) is 0.292. The Morgan fingerprint density at radius 3 is 2.51 bits per heavy atom. The lowest BCUT2D eigenvalue weighted by Gasteiger charge is -2.28. The van der Waals surface area contributed by atoms with Crippen LogP contribution in [0.1, 0.15) is 30.7 Å². The summed E-state index contributed by atoms with van der Waals surface area (Å²) in [6.07, 6.45) is 2.36. The van der Waals surface area contributed by atoms with Crippen molar-refractivity contribution >= 4 is 38.7 Å². The molecule has 1 N–H and O–H groups in total. The SMILES string of the molecule is [C-]#[N+]c1cc(C(C)(C)c2ccc(OCc3ccnc(S(C)(=O)=O)n3)c(O)c2)cc(Cl)c1OCCCl. The predicted octanol–water partition coefficient (Wildman–Crippen LogP) is 5.31. The first-order chi connectivity index (χ1) is 16.5. The van der Waals surface area contributed by atoms with Gasteiger partial charge in [-0.05, 0) is 41.5 Å². The van der Waals surface area contributed by atoms with Crippen LogP contribution in [0.2, 0.25) is 5.02 Å². The molecule has 3 aromatic rings. The average Bonchev–Trinajstić information content (AvgIpc) is 2.81. The molecule has 1 heterocycles. The fourth-order valence-electron chi connectivity index (χ4n) is 3.29. The van der Waals surface area contributed by atoms with Crippen molar-refractivity contribution in [3.8, 4) is 17.2 Å².